The Morgan fingerprint density at radius 3 is 2.30 bits per heavy atom. The largest absolute Gasteiger partial charge is 0.383 e. The van der Waals surface area contributed by atoms with Gasteiger partial charge in [-0.25, -0.2) is 4.98 Å². The number of para-hydroxylation sites is 3. The summed E-state index contributed by atoms with van der Waals surface area (Å²) in [6.45, 7) is 0.751. The lowest BCUT2D eigenvalue weighted by Crippen LogP contribution is -2.31. The number of aromatic nitrogens is 2. The van der Waals surface area contributed by atoms with Crippen molar-refractivity contribution in [1.29, 1.82) is 0 Å². The van der Waals surface area contributed by atoms with E-state index < -0.39 is 0 Å². The SMILES string of the molecule is COCCn1c(SCC(=O)N2c3ccccc3Sc3ccccc32)nc2ccccc2c1=O. The topological polar surface area (TPSA) is 64.4 Å². The van der Waals surface area contributed by atoms with Gasteiger partial charge < -0.3 is 4.74 Å². The number of hydrogen-bond donors (Lipinski definition) is 0. The second kappa shape index (κ2) is 9.43. The van der Waals surface area contributed by atoms with Gasteiger partial charge >= 0.3 is 0 Å². The summed E-state index contributed by atoms with van der Waals surface area (Å²) < 4.78 is 6.79. The van der Waals surface area contributed by atoms with E-state index in [1.54, 1.807) is 34.4 Å². The van der Waals surface area contributed by atoms with Gasteiger partial charge in [-0.05, 0) is 36.4 Å². The van der Waals surface area contributed by atoms with Crippen molar-refractivity contribution in [3.8, 4) is 0 Å². The molecule has 0 fully saturated rings. The Morgan fingerprint density at radius 2 is 1.61 bits per heavy atom. The molecule has 33 heavy (non-hydrogen) atoms. The fraction of sp³-hybridized carbons (Fsp3) is 0.160. The Hall–Kier alpha value is -3.07. The Labute approximate surface area is 199 Å². The van der Waals surface area contributed by atoms with Crippen LogP contribution in [0.1, 0.15) is 0 Å². The summed E-state index contributed by atoms with van der Waals surface area (Å²) in [5.41, 5.74) is 2.24. The van der Waals surface area contributed by atoms with Crippen molar-refractivity contribution >= 4 is 51.7 Å². The number of benzene rings is 3. The number of ether oxygens (including phenoxy) is 1. The van der Waals surface area contributed by atoms with Crippen LogP contribution in [0.2, 0.25) is 0 Å². The van der Waals surface area contributed by atoms with Crippen molar-refractivity contribution in [2.24, 2.45) is 0 Å². The van der Waals surface area contributed by atoms with Gasteiger partial charge in [0.2, 0.25) is 5.91 Å². The molecule has 0 aliphatic carbocycles. The molecule has 1 aromatic heterocycles. The van der Waals surface area contributed by atoms with Crippen molar-refractivity contribution in [3.05, 3.63) is 83.2 Å². The van der Waals surface area contributed by atoms with Gasteiger partial charge in [-0.3, -0.25) is 19.1 Å². The second-order valence-corrected chi connectivity index (χ2v) is 9.44. The average Bonchev–Trinajstić information content (AvgIpc) is 2.85. The highest BCUT2D eigenvalue weighted by Crippen LogP contribution is 2.48. The van der Waals surface area contributed by atoms with Gasteiger partial charge in [0.15, 0.2) is 5.16 Å². The maximum atomic E-state index is 13.5. The number of amides is 1. The van der Waals surface area contributed by atoms with Crippen LogP contribution in [-0.4, -0.2) is 34.9 Å². The first-order valence-electron chi connectivity index (χ1n) is 10.5. The van der Waals surface area contributed by atoms with Crippen molar-refractivity contribution in [2.45, 2.75) is 21.5 Å². The second-order valence-electron chi connectivity index (χ2n) is 7.42. The smallest absolute Gasteiger partial charge is 0.262 e. The normalized spacial score (nSPS) is 12.5. The van der Waals surface area contributed by atoms with Crippen LogP contribution in [0.25, 0.3) is 10.9 Å². The van der Waals surface area contributed by atoms with E-state index in [1.807, 2.05) is 66.7 Å². The molecule has 0 atom stereocenters. The van der Waals surface area contributed by atoms with Gasteiger partial charge in [0.05, 0.1) is 41.2 Å². The minimum absolute atomic E-state index is 0.0686. The van der Waals surface area contributed by atoms with E-state index in [0.717, 1.165) is 21.2 Å². The molecule has 0 spiro atoms. The van der Waals surface area contributed by atoms with E-state index in [4.69, 9.17) is 9.72 Å². The van der Waals surface area contributed by atoms with Crippen LogP contribution in [-0.2, 0) is 16.1 Å². The lowest BCUT2D eigenvalue weighted by molar-refractivity contribution is -0.115. The molecule has 0 saturated carbocycles. The monoisotopic (exact) mass is 475 g/mol. The first kappa shape index (κ1) is 21.8. The Balaban J connectivity index is 1.48. The minimum atomic E-state index is -0.127. The third kappa shape index (κ3) is 4.17. The molecule has 0 unspecified atom stereocenters. The van der Waals surface area contributed by atoms with Crippen LogP contribution < -0.4 is 10.5 Å². The van der Waals surface area contributed by atoms with Crippen LogP contribution in [0.3, 0.4) is 0 Å². The number of nitrogens with zero attached hydrogens (tertiary/aromatic N) is 3. The zero-order chi connectivity index (χ0) is 22.8. The molecule has 0 radical (unpaired) electrons. The lowest BCUT2D eigenvalue weighted by Gasteiger charge is -2.31. The number of carbonyl (C=O) groups is 1. The standard InChI is InChI=1S/C25H21N3O3S2/c1-31-15-14-27-24(30)17-8-2-3-9-18(17)26-25(27)32-16-23(29)28-19-10-4-6-12-21(19)33-22-13-7-5-11-20(22)28/h2-13H,14-16H2,1H3. The zero-order valence-corrected chi connectivity index (χ0v) is 19.6. The van der Waals surface area contributed by atoms with E-state index in [2.05, 4.69) is 0 Å². The van der Waals surface area contributed by atoms with Crippen LogP contribution in [0.5, 0.6) is 0 Å². The fourth-order valence-corrected chi connectivity index (χ4v) is 5.73. The Morgan fingerprint density at radius 1 is 0.970 bits per heavy atom. The third-order valence-electron chi connectivity index (χ3n) is 5.35. The Bertz CT molecular complexity index is 1360. The molecule has 0 bridgehead atoms. The summed E-state index contributed by atoms with van der Waals surface area (Å²) >= 11 is 2.94. The van der Waals surface area contributed by atoms with Crippen molar-refractivity contribution in [1.82, 2.24) is 9.55 Å². The molecular formula is C25H21N3O3S2. The van der Waals surface area contributed by atoms with Crippen LogP contribution in [0, 0.1) is 0 Å². The molecule has 5 rings (SSSR count). The van der Waals surface area contributed by atoms with Crippen LogP contribution in [0.4, 0.5) is 11.4 Å². The zero-order valence-electron chi connectivity index (χ0n) is 17.9. The molecule has 2 heterocycles. The summed E-state index contributed by atoms with van der Waals surface area (Å²) in [4.78, 5) is 35.1. The van der Waals surface area contributed by atoms with E-state index in [1.165, 1.54) is 11.8 Å². The molecule has 0 N–H and O–H groups in total. The molecule has 1 aliphatic heterocycles. The number of thioether (sulfide) groups is 1. The van der Waals surface area contributed by atoms with E-state index in [0.29, 0.717) is 29.2 Å². The quantitative estimate of drug-likeness (QED) is 0.290. The fourth-order valence-electron chi connectivity index (χ4n) is 3.80. The maximum Gasteiger partial charge on any atom is 0.262 e. The lowest BCUT2D eigenvalue weighted by atomic mass is 10.2. The molecule has 1 amide bonds. The van der Waals surface area contributed by atoms with Crippen molar-refractivity contribution < 1.29 is 9.53 Å². The Kier molecular flexibility index (Phi) is 6.22. The number of methoxy groups -OCH3 is 1. The van der Waals surface area contributed by atoms with E-state index >= 15 is 0 Å². The van der Waals surface area contributed by atoms with Gasteiger partial charge in [-0.1, -0.05) is 59.9 Å². The summed E-state index contributed by atoms with van der Waals surface area (Å²) in [7, 11) is 1.60. The van der Waals surface area contributed by atoms with Crippen LogP contribution in [0.15, 0.2) is 92.5 Å². The number of anilines is 2. The predicted molar refractivity (Wildman–Crippen MR) is 133 cm³/mol. The van der Waals surface area contributed by atoms with Gasteiger partial charge in [0, 0.05) is 16.9 Å². The summed E-state index contributed by atoms with van der Waals surface area (Å²) in [6, 6.07) is 23.1. The first-order chi connectivity index (χ1) is 16.2. The maximum absolute atomic E-state index is 13.5. The molecule has 1 aliphatic rings. The number of carbonyl (C=O) groups excluding carboxylic acids is 1. The minimum Gasteiger partial charge on any atom is -0.383 e. The predicted octanol–water partition coefficient (Wildman–Crippen LogP) is 4.96. The summed E-state index contributed by atoms with van der Waals surface area (Å²) in [6.07, 6.45) is 0. The van der Waals surface area contributed by atoms with Crippen molar-refractivity contribution in [2.75, 3.05) is 24.4 Å². The molecular weight excluding hydrogens is 454 g/mol. The van der Waals surface area contributed by atoms with Gasteiger partial charge in [-0.2, -0.15) is 0 Å². The summed E-state index contributed by atoms with van der Waals surface area (Å²) in [5, 5.41) is 1.07. The van der Waals surface area contributed by atoms with E-state index in [9.17, 15) is 9.59 Å². The van der Waals surface area contributed by atoms with Gasteiger partial charge in [0.25, 0.3) is 5.56 Å². The highest BCUT2D eigenvalue weighted by Gasteiger charge is 2.28. The first-order valence-corrected chi connectivity index (χ1v) is 12.3. The summed E-state index contributed by atoms with van der Waals surface area (Å²) in [5.74, 6) is 0.0753. The van der Waals surface area contributed by atoms with E-state index in [-0.39, 0.29) is 17.2 Å². The van der Waals surface area contributed by atoms with Crippen LogP contribution >= 0.6 is 23.5 Å². The van der Waals surface area contributed by atoms with Crippen molar-refractivity contribution in [3.63, 3.8) is 0 Å². The number of fused-ring (bicyclic) bond motifs is 3. The third-order valence-corrected chi connectivity index (χ3v) is 7.44. The van der Waals surface area contributed by atoms with Gasteiger partial charge in [-0.15, -0.1) is 0 Å². The molecule has 0 saturated heterocycles. The molecule has 8 heteroatoms. The highest BCUT2D eigenvalue weighted by molar-refractivity contribution is 8.00. The molecule has 6 nitrogen and oxygen atoms in total. The van der Waals surface area contributed by atoms with Gasteiger partial charge in [0.1, 0.15) is 0 Å². The molecule has 4 aromatic rings. The average molecular weight is 476 g/mol. The number of rotatable bonds is 6. The number of hydrogen-bond acceptors (Lipinski definition) is 6. The molecule has 166 valence electrons. The molecule has 3 aromatic carbocycles. The highest BCUT2D eigenvalue weighted by atomic mass is 32.2.